The molecule has 0 atom stereocenters. The number of nitrogens with zero attached hydrogens (tertiary/aromatic N) is 3. The Balaban J connectivity index is 2.05. The second-order valence-electron chi connectivity index (χ2n) is 4.28. The molecule has 0 radical (unpaired) electrons. The standard InChI is InChI=1S/C11H16N4O2/c1-15-6-2-8(3-7-15)14-10-9(11(16)17)12-4-5-13-10/h4-5,8H,2-3,6-7H2,1H3,(H,13,14)(H,16,17). The Bertz CT molecular complexity index is 402. The van der Waals surface area contributed by atoms with Crippen LogP contribution in [-0.2, 0) is 0 Å². The molecular formula is C11H16N4O2. The van der Waals surface area contributed by atoms with Crippen molar-refractivity contribution in [1.82, 2.24) is 14.9 Å². The fourth-order valence-corrected chi connectivity index (χ4v) is 1.95. The van der Waals surface area contributed by atoms with E-state index in [4.69, 9.17) is 5.11 Å². The van der Waals surface area contributed by atoms with E-state index in [1.165, 1.54) is 12.4 Å². The molecule has 0 aliphatic carbocycles. The Morgan fingerprint density at radius 1 is 1.41 bits per heavy atom. The van der Waals surface area contributed by atoms with Gasteiger partial charge in [0.2, 0.25) is 0 Å². The molecule has 2 N–H and O–H groups in total. The van der Waals surface area contributed by atoms with E-state index in [1.54, 1.807) is 0 Å². The van der Waals surface area contributed by atoms with Crippen LogP contribution in [-0.4, -0.2) is 52.1 Å². The SMILES string of the molecule is CN1CCC(Nc2nccnc2C(=O)O)CC1. The van der Waals surface area contributed by atoms with Crippen molar-refractivity contribution in [2.45, 2.75) is 18.9 Å². The van der Waals surface area contributed by atoms with Crippen LogP contribution in [0.15, 0.2) is 12.4 Å². The summed E-state index contributed by atoms with van der Waals surface area (Å²) in [7, 11) is 2.08. The number of hydrogen-bond donors (Lipinski definition) is 2. The zero-order chi connectivity index (χ0) is 12.3. The summed E-state index contributed by atoms with van der Waals surface area (Å²) < 4.78 is 0. The Morgan fingerprint density at radius 2 is 2.06 bits per heavy atom. The largest absolute Gasteiger partial charge is 0.476 e. The Hall–Kier alpha value is -1.69. The lowest BCUT2D eigenvalue weighted by atomic mass is 10.1. The number of rotatable bonds is 3. The monoisotopic (exact) mass is 236 g/mol. The minimum Gasteiger partial charge on any atom is -0.476 e. The molecule has 1 aliphatic heterocycles. The molecule has 1 aromatic rings. The van der Waals surface area contributed by atoms with Crippen LogP contribution in [0.3, 0.4) is 0 Å². The number of anilines is 1. The van der Waals surface area contributed by atoms with E-state index in [0.717, 1.165) is 25.9 Å². The van der Waals surface area contributed by atoms with Crippen LogP contribution in [0.1, 0.15) is 23.3 Å². The average Bonchev–Trinajstić information content (AvgIpc) is 2.32. The van der Waals surface area contributed by atoms with Gasteiger partial charge in [0.1, 0.15) is 0 Å². The third kappa shape index (κ3) is 2.91. The summed E-state index contributed by atoms with van der Waals surface area (Å²) in [6, 6.07) is 0.279. The highest BCUT2D eigenvalue weighted by Crippen LogP contribution is 2.16. The number of hydrogen-bond acceptors (Lipinski definition) is 5. The minimum atomic E-state index is -1.05. The van der Waals surface area contributed by atoms with Gasteiger partial charge in [0, 0.05) is 18.4 Å². The van der Waals surface area contributed by atoms with Gasteiger partial charge in [-0.1, -0.05) is 0 Å². The van der Waals surface area contributed by atoms with E-state index in [-0.39, 0.29) is 11.7 Å². The number of nitrogens with one attached hydrogen (secondary N) is 1. The second kappa shape index (κ2) is 5.09. The molecule has 2 rings (SSSR count). The Labute approximate surface area is 99.7 Å². The molecule has 0 bridgehead atoms. The van der Waals surface area contributed by atoms with Crippen LogP contribution < -0.4 is 5.32 Å². The lowest BCUT2D eigenvalue weighted by molar-refractivity contribution is 0.0691. The van der Waals surface area contributed by atoms with Crippen LogP contribution in [0.25, 0.3) is 0 Å². The molecule has 1 fully saturated rings. The molecule has 1 saturated heterocycles. The molecule has 1 aliphatic rings. The number of carboxylic acid groups (broad SMARTS) is 1. The molecule has 0 amide bonds. The maximum absolute atomic E-state index is 11.0. The van der Waals surface area contributed by atoms with Crippen molar-refractivity contribution < 1.29 is 9.90 Å². The third-order valence-corrected chi connectivity index (χ3v) is 2.96. The van der Waals surface area contributed by atoms with Gasteiger partial charge in [0.15, 0.2) is 11.5 Å². The highest BCUT2D eigenvalue weighted by molar-refractivity contribution is 5.90. The van der Waals surface area contributed by atoms with Crippen LogP contribution >= 0.6 is 0 Å². The molecule has 1 aromatic heterocycles. The molecule has 0 saturated carbocycles. The number of piperidine rings is 1. The first-order chi connectivity index (χ1) is 8.16. The zero-order valence-corrected chi connectivity index (χ0v) is 9.76. The summed E-state index contributed by atoms with van der Waals surface area (Å²) in [5.41, 5.74) is -0.00794. The van der Waals surface area contributed by atoms with Crippen molar-refractivity contribution in [2.24, 2.45) is 0 Å². The van der Waals surface area contributed by atoms with Gasteiger partial charge in [0.25, 0.3) is 0 Å². The zero-order valence-electron chi connectivity index (χ0n) is 9.76. The summed E-state index contributed by atoms with van der Waals surface area (Å²) >= 11 is 0. The van der Waals surface area contributed by atoms with Gasteiger partial charge in [0.05, 0.1) is 0 Å². The first-order valence-corrected chi connectivity index (χ1v) is 5.66. The molecule has 0 unspecified atom stereocenters. The lowest BCUT2D eigenvalue weighted by Crippen LogP contribution is -2.37. The highest BCUT2D eigenvalue weighted by Gasteiger charge is 2.20. The predicted octanol–water partition coefficient (Wildman–Crippen LogP) is 0.681. The summed E-state index contributed by atoms with van der Waals surface area (Å²) in [4.78, 5) is 21.1. The first-order valence-electron chi connectivity index (χ1n) is 5.66. The molecule has 17 heavy (non-hydrogen) atoms. The topological polar surface area (TPSA) is 78.3 Å². The van der Waals surface area contributed by atoms with Crippen molar-refractivity contribution in [3.8, 4) is 0 Å². The molecular weight excluding hydrogens is 220 g/mol. The average molecular weight is 236 g/mol. The van der Waals surface area contributed by atoms with Crippen molar-refractivity contribution >= 4 is 11.8 Å². The molecule has 0 aromatic carbocycles. The van der Waals surface area contributed by atoms with Gasteiger partial charge >= 0.3 is 5.97 Å². The van der Waals surface area contributed by atoms with E-state index in [1.807, 2.05) is 0 Å². The quantitative estimate of drug-likeness (QED) is 0.803. The van der Waals surface area contributed by atoms with E-state index >= 15 is 0 Å². The molecule has 2 heterocycles. The fraction of sp³-hybridized carbons (Fsp3) is 0.545. The Kier molecular flexibility index (Phi) is 3.53. The maximum Gasteiger partial charge on any atom is 0.358 e. The van der Waals surface area contributed by atoms with Crippen molar-refractivity contribution in [1.29, 1.82) is 0 Å². The van der Waals surface area contributed by atoms with Crippen molar-refractivity contribution in [2.75, 3.05) is 25.5 Å². The normalized spacial score (nSPS) is 17.9. The highest BCUT2D eigenvalue weighted by atomic mass is 16.4. The van der Waals surface area contributed by atoms with Crippen LogP contribution in [0, 0.1) is 0 Å². The fourth-order valence-electron chi connectivity index (χ4n) is 1.95. The number of aromatic nitrogens is 2. The number of carbonyl (C=O) groups is 1. The summed E-state index contributed by atoms with van der Waals surface area (Å²) in [6.45, 7) is 2.03. The van der Waals surface area contributed by atoms with Gasteiger partial charge in [-0.3, -0.25) is 0 Å². The molecule has 92 valence electrons. The van der Waals surface area contributed by atoms with Crippen LogP contribution in [0.2, 0.25) is 0 Å². The number of aromatic carboxylic acids is 1. The van der Waals surface area contributed by atoms with Crippen molar-refractivity contribution in [3.63, 3.8) is 0 Å². The number of carboxylic acids is 1. The smallest absolute Gasteiger partial charge is 0.358 e. The summed E-state index contributed by atoms with van der Waals surface area (Å²) in [6.07, 6.45) is 4.88. The van der Waals surface area contributed by atoms with E-state index in [0.29, 0.717) is 5.82 Å². The molecule has 6 nitrogen and oxygen atoms in total. The maximum atomic E-state index is 11.0. The van der Waals surface area contributed by atoms with Crippen LogP contribution in [0.5, 0.6) is 0 Å². The van der Waals surface area contributed by atoms with E-state index in [9.17, 15) is 4.79 Å². The second-order valence-corrected chi connectivity index (χ2v) is 4.28. The van der Waals surface area contributed by atoms with Crippen LogP contribution in [0.4, 0.5) is 5.82 Å². The molecule has 6 heteroatoms. The van der Waals surface area contributed by atoms with E-state index in [2.05, 4.69) is 27.2 Å². The summed E-state index contributed by atoms with van der Waals surface area (Å²) in [5.74, 6) is -0.678. The van der Waals surface area contributed by atoms with Crippen molar-refractivity contribution in [3.05, 3.63) is 18.1 Å². The third-order valence-electron chi connectivity index (χ3n) is 2.96. The van der Waals surface area contributed by atoms with Gasteiger partial charge in [-0.15, -0.1) is 0 Å². The van der Waals surface area contributed by atoms with Gasteiger partial charge in [-0.05, 0) is 33.0 Å². The minimum absolute atomic E-state index is 0.00794. The van der Waals surface area contributed by atoms with E-state index < -0.39 is 5.97 Å². The summed E-state index contributed by atoms with van der Waals surface area (Å²) in [5, 5.41) is 12.2. The lowest BCUT2D eigenvalue weighted by Gasteiger charge is -2.29. The van der Waals surface area contributed by atoms with Gasteiger partial charge < -0.3 is 15.3 Å². The molecule has 0 spiro atoms. The predicted molar refractivity (Wildman–Crippen MR) is 63.1 cm³/mol. The Morgan fingerprint density at radius 3 is 2.71 bits per heavy atom. The number of likely N-dealkylation sites (tertiary alicyclic amines) is 1. The van der Waals surface area contributed by atoms with Gasteiger partial charge in [-0.25, -0.2) is 14.8 Å². The first kappa shape index (κ1) is 11.8. The van der Waals surface area contributed by atoms with Gasteiger partial charge in [-0.2, -0.15) is 0 Å².